The van der Waals surface area contributed by atoms with E-state index in [0.29, 0.717) is 0 Å². The summed E-state index contributed by atoms with van der Waals surface area (Å²) in [6.45, 7) is -0.0418. The van der Waals surface area contributed by atoms with Crippen molar-refractivity contribution < 1.29 is 5.11 Å². The summed E-state index contributed by atoms with van der Waals surface area (Å²) in [6, 6.07) is 5.58. The van der Waals surface area contributed by atoms with Crippen molar-refractivity contribution in [3.63, 3.8) is 0 Å². The molecule has 1 atom stereocenters. The van der Waals surface area contributed by atoms with Gasteiger partial charge in [-0.05, 0) is 17.7 Å². The smallest absolute Gasteiger partial charge is 0.0624 e. The molecule has 0 spiro atoms. The van der Waals surface area contributed by atoms with Gasteiger partial charge in [0.15, 0.2) is 0 Å². The fraction of sp³-hybridized carbons (Fsp3) is 0.400. The monoisotopic (exact) mass is 258 g/mol. The standard InChI is InChI=1S/C10H15BrN2O/c1-13(2)7-3-4-8(9(11)5-7)10(12)6-14/h3-5,10,14H,6,12H2,1-2H3/t10-/m1/s1. The topological polar surface area (TPSA) is 49.5 Å². The van der Waals surface area contributed by atoms with Gasteiger partial charge >= 0.3 is 0 Å². The van der Waals surface area contributed by atoms with Crippen molar-refractivity contribution in [2.24, 2.45) is 5.73 Å². The highest BCUT2D eigenvalue weighted by molar-refractivity contribution is 9.10. The summed E-state index contributed by atoms with van der Waals surface area (Å²) in [7, 11) is 3.96. The van der Waals surface area contributed by atoms with Crippen molar-refractivity contribution in [2.75, 3.05) is 25.6 Å². The van der Waals surface area contributed by atoms with E-state index >= 15 is 0 Å². The summed E-state index contributed by atoms with van der Waals surface area (Å²) in [5, 5.41) is 8.93. The molecule has 3 N–H and O–H groups in total. The number of hydrogen-bond donors (Lipinski definition) is 2. The number of anilines is 1. The van der Waals surface area contributed by atoms with Crippen molar-refractivity contribution >= 4 is 21.6 Å². The third-order valence-corrected chi connectivity index (χ3v) is 2.78. The largest absolute Gasteiger partial charge is 0.394 e. The molecule has 3 nitrogen and oxygen atoms in total. The summed E-state index contributed by atoms with van der Waals surface area (Å²) >= 11 is 3.44. The highest BCUT2D eigenvalue weighted by atomic mass is 79.9. The molecule has 0 unspecified atom stereocenters. The van der Waals surface area contributed by atoms with Crippen molar-refractivity contribution in [2.45, 2.75) is 6.04 Å². The Balaban J connectivity index is 3.01. The van der Waals surface area contributed by atoms with Crippen LogP contribution in [-0.2, 0) is 0 Å². The molecule has 78 valence electrons. The fourth-order valence-corrected chi connectivity index (χ4v) is 1.85. The van der Waals surface area contributed by atoms with Crippen molar-refractivity contribution in [1.82, 2.24) is 0 Å². The first-order valence-electron chi connectivity index (χ1n) is 4.39. The first kappa shape index (κ1) is 11.5. The number of nitrogens with zero attached hydrogens (tertiary/aromatic N) is 1. The second-order valence-corrected chi connectivity index (χ2v) is 4.24. The second-order valence-electron chi connectivity index (χ2n) is 3.39. The van der Waals surface area contributed by atoms with Crippen LogP contribution in [0.5, 0.6) is 0 Å². The van der Waals surface area contributed by atoms with E-state index < -0.39 is 0 Å². The summed E-state index contributed by atoms with van der Waals surface area (Å²) in [4.78, 5) is 2.01. The molecule has 0 aromatic heterocycles. The molecule has 1 aromatic carbocycles. The zero-order valence-corrected chi connectivity index (χ0v) is 9.95. The average molecular weight is 259 g/mol. The predicted molar refractivity (Wildman–Crippen MR) is 62.5 cm³/mol. The summed E-state index contributed by atoms with van der Waals surface area (Å²) in [5.41, 5.74) is 7.76. The number of nitrogens with two attached hydrogens (primary N) is 1. The average Bonchev–Trinajstić information content (AvgIpc) is 2.16. The highest BCUT2D eigenvalue weighted by Crippen LogP contribution is 2.26. The summed E-state index contributed by atoms with van der Waals surface area (Å²) < 4.78 is 0.935. The molecule has 0 amide bonds. The Labute approximate surface area is 92.7 Å². The molecule has 0 bridgehead atoms. The fourth-order valence-electron chi connectivity index (χ4n) is 1.19. The molecule has 0 heterocycles. The van der Waals surface area contributed by atoms with E-state index in [2.05, 4.69) is 15.9 Å². The minimum atomic E-state index is -0.319. The first-order valence-corrected chi connectivity index (χ1v) is 5.18. The van der Waals surface area contributed by atoms with Crippen LogP contribution in [0.25, 0.3) is 0 Å². The minimum absolute atomic E-state index is 0.0418. The van der Waals surface area contributed by atoms with Crippen molar-refractivity contribution in [3.8, 4) is 0 Å². The molecule has 0 radical (unpaired) electrons. The van der Waals surface area contributed by atoms with E-state index in [1.54, 1.807) is 0 Å². The maximum atomic E-state index is 8.93. The molecule has 1 aromatic rings. The predicted octanol–water partition coefficient (Wildman–Crippen LogP) is 1.51. The van der Waals surface area contributed by atoms with Crippen LogP contribution < -0.4 is 10.6 Å². The van der Waals surface area contributed by atoms with Gasteiger partial charge in [0.05, 0.1) is 12.6 Å². The zero-order chi connectivity index (χ0) is 10.7. The van der Waals surface area contributed by atoms with E-state index in [1.807, 2.05) is 37.2 Å². The zero-order valence-electron chi connectivity index (χ0n) is 8.37. The van der Waals surface area contributed by atoms with Crippen LogP contribution in [0.1, 0.15) is 11.6 Å². The van der Waals surface area contributed by atoms with Gasteiger partial charge in [-0.3, -0.25) is 0 Å². The second kappa shape index (κ2) is 4.77. The Morgan fingerprint density at radius 3 is 2.57 bits per heavy atom. The maximum Gasteiger partial charge on any atom is 0.0624 e. The summed E-state index contributed by atoms with van der Waals surface area (Å²) in [5.74, 6) is 0. The molecule has 1 rings (SSSR count). The van der Waals surface area contributed by atoms with Gasteiger partial charge in [-0.15, -0.1) is 0 Å². The lowest BCUT2D eigenvalue weighted by molar-refractivity contribution is 0.267. The van der Waals surface area contributed by atoms with Crippen molar-refractivity contribution in [3.05, 3.63) is 28.2 Å². The van der Waals surface area contributed by atoms with Gasteiger partial charge < -0.3 is 15.7 Å². The third kappa shape index (κ3) is 2.47. The van der Waals surface area contributed by atoms with Crippen LogP contribution in [0.15, 0.2) is 22.7 Å². The molecular formula is C10H15BrN2O. The Morgan fingerprint density at radius 1 is 1.50 bits per heavy atom. The molecule has 4 heteroatoms. The van der Waals surface area contributed by atoms with Gasteiger partial charge in [-0.2, -0.15) is 0 Å². The Hall–Kier alpha value is -0.580. The van der Waals surface area contributed by atoms with Gasteiger partial charge in [0, 0.05) is 24.3 Å². The van der Waals surface area contributed by atoms with E-state index in [9.17, 15) is 0 Å². The normalized spacial score (nSPS) is 12.6. The molecule has 0 aliphatic heterocycles. The summed E-state index contributed by atoms with van der Waals surface area (Å²) in [6.07, 6.45) is 0. The molecular weight excluding hydrogens is 244 g/mol. The minimum Gasteiger partial charge on any atom is -0.394 e. The van der Waals surface area contributed by atoms with Crippen LogP contribution in [0.2, 0.25) is 0 Å². The number of benzene rings is 1. The maximum absolute atomic E-state index is 8.93. The number of hydrogen-bond acceptors (Lipinski definition) is 3. The number of rotatable bonds is 3. The van der Waals surface area contributed by atoms with Gasteiger partial charge in [0.2, 0.25) is 0 Å². The lowest BCUT2D eigenvalue weighted by atomic mass is 10.1. The number of aliphatic hydroxyl groups excluding tert-OH is 1. The van der Waals surface area contributed by atoms with Crippen LogP contribution in [0, 0.1) is 0 Å². The van der Waals surface area contributed by atoms with Crippen LogP contribution in [0.4, 0.5) is 5.69 Å². The lowest BCUT2D eigenvalue weighted by Crippen LogP contribution is -2.15. The van der Waals surface area contributed by atoms with E-state index in [0.717, 1.165) is 15.7 Å². The number of aliphatic hydroxyl groups is 1. The Bertz CT molecular complexity index is 315. The quantitative estimate of drug-likeness (QED) is 0.865. The highest BCUT2D eigenvalue weighted by Gasteiger charge is 2.09. The SMILES string of the molecule is CN(C)c1ccc([C@H](N)CO)c(Br)c1. The third-order valence-electron chi connectivity index (χ3n) is 2.10. The van der Waals surface area contributed by atoms with E-state index in [1.165, 1.54) is 0 Å². The molecule has 0 aliphatic rings. The Kier molecular flexibility index (Phi) is 3.92. The van der Waals surface area contributed by atoms with Crippen LogP contribution in [-0.4, -0.2) is 25.8 Å². The van der Waals surface area contributed by atoms with Gasteiger partial charge in [-0.1, -0.05) is 22.0 Å². The van der Waals surface area contributed by atoms with Crippen LogP contribution >= 0.6 is 15.9 Å². The van der Waals surface area contributed by atoms with Gasteiger partial charge in [0.25, 0.3) is 0 Å². The molecule has 0 saturated carbocycles. The van der Waals surface area contributed by atoms with Gasteiger partial charge in [0.1, 0.15) is 0 Å². The Morgan fingerprint density at radius 2 is 2.14 bits per heavy atom. The molecule has 0 aliphatic carbocycles. The molecule has 14 heavy (non-hydrogen) atoms. The lowest BCUT2D eigenvalue weighted by Gasteiger charge is -2.16. The van der Waals surface area contributed by atoms with E-state index in [-0.39, 0.29) is 12.6 Å². The van der Waals surface area contributed by atoms with Crippen LogP contribution in [0.3, 0.4) is 0 Å². The first-order chi connectivity index (χ1) is 6.56. The van der Waals surface area contributed by atoms with Crippen molar-refractivity contribution in [1.29, 1.82) is 0 Å². The molecule has 0 saturated heterocycles. The number of halogens is 1. The van der Waals surface area contributed by atoms with E-state index in [4.69, 9.17) is 10.8 Å². The molecule has 0 fully saturated rings. The van der Waals surface area contributed by atoms with Gasteiger partial charge in [-0.25, -0.2) is 0 Å².